The highest BCUT2D eigenvalue weighted by atomic mass is 127. The topological polar surface area (TPSA) is 71.3 Å². The molecule has 0 fully saturated rings. The fraction of sp³-hybridized carbons (Fsp3) is 0.143. The Balaban J connectivity index is 1.85. The highest BCUT2D eigenvalue weighted by Crippen LogP contribution is 2.26. The molecule has 0 aliphatic heterocycles. The summed E-state index contributed by atoms with van der Waals surface area (Å²) in [5, 5.41) is 6.13. The lowest BCUT2D eigenvalue weighted by atomic mass is 10.2. The van der Waals surface area contributed by atoms with Crippen LogP contribution in [0.3, 0.4) is 0 Å². The fourth-order valence-electron chi connectivity index (χ4n) is 1.66. The lowest BCUT2D eigenvalue weighted by Gasteiger charge is -2.09. The molecule has 22 heavy (non-hydrogen) atoms. The molecule has 5 nitrogen and oxygen atoms in total. The van der Waals surface area contributed by atoms with E-state index in [0.717, 1.165) is 0 Å². The van der Waals surface area contributed by atoms with Gasteiger partial charge in [0, 0.05) is 21.7 Å². The Morgan fingerprint density at radius 1 is 1.14 bits per heavy atom. The van der Waals surface area contributed by atoms with Crippen LogP contribution in [0.1, 0.15) is 20.9 Å². The van der Waals surface area contributed by atoms with E-state index < -0.39 is 0 Å². The summed E-state index contributed by atoms with van der Waals surface area (Å²) in [5.41, 5.74) is 0.399. The second-order valence-electron chi connectivity index (χ2n) is 4.24. The first-order chi connectivity index (χ1) is 10.5. The number of carbonyl (C=O) groups excluding carboxylic acids is 2. The van der Waals surface area contributed by atoms with Crippen molar-refractivity contribution in [2.75, 3.05) is 13.1 Å². The van der Waals surface area contributed by atoms with Gasteiger partial charge in [-0.25, -0.2) is 0 Å². The first kappa shape index (κ1) is 17.1. The molecule has 0 aliphatic carbocycles. The summed E-state index contributed by atoms with van der Waals surface area (Å²) in [6, 6.07) is 6.31. The zero-order valence-electron chi connectivity index (χ0n) is 11.2. The molecule has 0 spiro atoms. The van der Waals surface area contributed by atoms with E-state index in [1.807, 2.05) is 22.6 Å². The van der Waals surface area contributed by atoms with E-state index in [4.69, 9.17) is 27.6 Å². The van der Waals surface area contributed by atoms with Gasteiger partial charge in [-0.15, -0.1) is 0 Å². The van der Waals surface area contributed by atoms with E-state index in [9.17, 15) is 9.59 Å². The summed E-state index contributed by atoms with van der Waals surface area (Å²) in [6.45, 7) is 0.543. The highest BCUT2D eigenvalue weighted by Gasteiger charge is 2.14. The van der Waals surface area contributed by atoms with Gasteiger partial charge in [-0.2, -0.15) is 0 Å². The predicted molar refractivity (Wildman–Crippen MR) is 92.6 cm³/mol. The molecule has 0 saturated carbocycles. The summed E-state index contributed by atoms with van der Waals surface area (Å²) in [6.07, 6.45) is 1.42. The molecule has 1 aromatic heterocycles. The second kappa shape index (κ2) is 7.85. The van der Waals surface area contributed by atoms with Crippen LogP contribution in [0.5, 0.6) is 0 Å². The van der Waals surface area contributed by atoms with Crippen LogP contribution in [0.2, 0.25) is 10.0 Å². The number of rotatable bonds is 5. The average molecular weight is 453 g/mol. The molecule has 2 N–H and O–H groups in total. The van der Waals surface area contributed by atoms with Crippen molar-refractivity contribution in [1.82, 2.24) is 10.6 Å². The Labute approximate surface area is 150 Å². The maximum absolute atomic E-state index is 12.1. The van der Waals surface area contributed by atoms with Gasteiger partial charge >= 0.3 is 0 Å². The molecule has 0 bridgehead atoms. The Morgan fingerprint density at radius 3 is 2.45 bits per heavy atom. The van der Waals surface area contributed by atoms with Gasteiger partial charge in [0.15, 0.2) is 5.76 Å². The summed E-state index contributed by atoms with van der Waals surface area (Å²) in [4.78, 5) is 23.7. The SMILES string of the molecule is O=C(NCCNC(=O)c1cc(Cl)cc(Cl)c1I)c1ccco1. The number of carbonyl (C=O) groups is 2. The monoisotopic (exact) mass is 452 g/mol. The van der Waals surface area contributed by atoms with Crippen LogP contribution in [0.4, 0.5) is 0 Å². The van der Waals surface area contributed by atoms with Gasteiger partial charge in [-0.3, -0.25) is 9.59 Å². The van der Waals surface area contributed by atoms with E-state index in [-0.39, 0.29) is 30.7 Å². The lowest BCUT2D eigenvalue weighted by Crippen LogP contribution is -2.34. The molecule has 2 rings (SSSR count). The van der Waals surface area contributed by atoms with Gasteiger partial charge in [0.05, 0.1) is 16.8 Å². The van der Waals surface area contributed by atoms with Crippen LogP contribution in [0, 0.1) is 3.57 Å². The largest absolute Gasteiger partial charge is 0.459 e. The van der Waals surface area contributed by atoms with Crippen LogP contribution in [-0.2, 0) is 0 Å². The van der Waals surface area contributed by atoms with Crippen LogP contribution >= 0.6 is 45.8 Å². The summed E-state index contributed by atoms with van der Waals surface area (Å²) < 4.78 is 5.58. The van der Waals surface area contributed by atoms with Crippen molar-refractivity contribution in [2.45, 2.75) is 0 Å². The Kier molecular flexibility index (Phi) is 6.10. The maximum atomic E-state index is 12.1. The molecular weight excluding hydrogens is 442 g/mol. The highest BCUT2D eigenvalue weighted by molar-refractivity contribution is 14.1. The number of hydrogen-bond donors (Lipinski definition) is 2. The molecule has 8 heteroatoms. The molecule has 1 aromatic carbocycles. The van der Waals surface area contributed by atoms with Crippen LogP contribution in [0.15, 0.2) is 34.9 Å². The van der Waals surface area contributed by atoms with Crippen molar-refractivity contribution in [3.8, 4) is 0 Å². The summed E-state index contributed by atoms with van der Waals surface area (Å²) >= 11 is 13.9. The van der Waals surface area contributed by atoms with Crippen LogP contribution in [0.25, 0.3) is 0 Å². The van der Waals surface area contributed by atoms with Gasteiger partial charge in [0.1, 0.15) is 0 Å². The molecule has 116 valence electrons. The quantitative estimate of drug-likeness (QED) is 0.415. The molecule has 0 radical (unpaired) electrons. The lowest BCUT2D eigenvalue weighted by molar-refractivity contribution is 0.0910. The molecule has 0 saturated heterocycles. The van der Waals surface area contributed by atoms with Gasteiger partial charge in [0.25, 0.3) is 11.8 Å². The number of halogens is 3. The molecule has 1 heterocycles. The number of hydrogen-bond acceptors (Lipinski definition) is 3. The van der Waals surface area contributed by atoms with Crippen molar-refractivity contribution < 1.29 is 14.0 Å². The molecule has 2 amide bonds. The minimum atomic E-state index is -0.334. The first-order valence-corrected chi connectivity index (χ1v) is 8.07. The van der Waals surface area contributed by atoms with Gasteiger partial charge < -0.3 is 15.1 Å². The van der Waals surface area contributed by atoms with Crippen LogP contribution < -0.4 is 10.6 Å². The summed E-state index contributed by atoms with van der Waals surface area (Å²) in [7, 11) is 0. The summed E-state index contributed by atoms with van der Waals surface area (Å²) in [5.74, 6) is -0.414. The third-order valence-corrected chi connectivity index (χ3v) is 4.68. The van der Waals surface area contributed by atoms with Gasteiger partial charge in [0.2, 0.25) is 0 Å². The molecular formula is C14H11Cl2IN2O3. The normalized spacial score (nSPS) is 10.3. The Bertz CT molecular complexity index is 690. The van der Waals surface area contributed by atoms with E-state index in [1.165, 1.54) is 6.26 Å². The van der Waals surface area contributed by atoms with Crippen molar-refractivity contribution in [2.24, 2.45) is 0 Å². The molecule has 0 unspecified atom stereocenters. The third-order valence-electron chi connectivity index (χ3n) is 2.68. The minimum absolute atomic E-state index is 0.225. The zero-order chi connectivity index (χ0) is 16.1. The second-order valence-corrected chi connectivity index (χ2v) is 6.16. The van der Waals surface area contributed by atoms with Gasteiger partial charge in [-0.05, 0) is 46.9 Å². The zero-order valence-corrected chi connectivity index (χ0v) is 14.8. The number of amides is 2. The van der Waals surface area contributed by atoms with E-state index in [0.29, 0.717) is 19.2 Å². The molecule has 0 atom stereocenters. The Hall–Kier alpha value is -1.25. The van der Waals surface area contributed by atoms with Crippen molar-refractivity contribution in [1.29, 1.82) is 0 Å². The molecule has 2 aromatic rings. The number of nitrogens with one attached hydrogen (secondary N) is 2. The smallest absolute Gasteiger partial charge is 0.287 e. The van der Waals surface area contributed by atoms with Crippen molar-refractivity contribution >= 4 is 57.6 Å². The number of furan rings is 1. The Morgan fingerprint density at radius 2 is 1.82 bits per heavy atom. The van der Waals surface area contributed by atoms with E-state index in [1.54, 1.807) is 24.3 Å². The maximum Gasteiger partial charge on any atom is 0.287 e. The fourth-order valence-corrected chi connectivity index (χ4v) is 2.71. The molecule has 0 aliphatic rings. The van der Waals surface area contributed by atoms with Crippen molar-refractivity contribution in [3.05, 3.63) is 55.5 Å². The van der Waals surface area contributed by atoms with Gasteiger partial charge in [-0.1, -0.05) is 23.2 Å². The van der Waals surface area contributed by atoms with Crippen molar-refractivity contribution in [3.63, 3.8) is 0 Å². The number of benzene rings is 1. The average Bonchev–Trinajstić information content (AvgIpc) is 3.01. The predicted octanol–water partition coefficient (Wildman–Crippen LogP) is 3.35. The standard InChI is InChI=1S/C14H11Cl2IN2O3/c15-8-6-9(12(17)10(16)7-8)13(20)18-3-4-19-14(21)11-2-1-5-22-11/h1-2,5-7H,3-4H2,(H,18,20)(H,19,21). The third kappa shape index (κ3) is 4.37. The van der Waals surface area contributed by atoms with Crippen LogP contribution in [-0.4, -0.2) is 24.9 Å². The van der Waals surface area contributed by atoms with E-state index in [2.05, 4.69) is 10.6 Å². The van der Waals surface area contributed by atoms with E-state index >= 15 is 0 Å². The first-order valence-electron chi connectivity index (χ1n) is 6.23. The minimum Gasteiger partial charge on any atom is -0.459 e.